The molecule has 0 saturated heterocycles. The van der Waals surface area contributed by atoms with E-state index in [9.17, 15) is 19.9 Å². The van der Waals surface area contributed by atoms with Crippen LogP contribution in [-0.2, 0) is 11.8 Å². The number of carbonyl (C=O) groups is 1. The minimum Gasteiger partial charge on any atom is -0.481 e. The Morgan fingerprint density at radius 3 is 2.31 bits per heavy atom. The maximum absolute atomic E-state index is 11.8. The Hall–Kier alpha value is -3.67. The molecule has 4 rings (SSSR count). The monoisotopic (exact) mass is 472 g/mol. The van der Waals surface area contributed by atoms with Crippen LogP contribution in [0.2, 0.25) is 0 Å². The number of carboxylic acids is 1. The molecule has 0 radical (unpaired) electrons. The standard InChI is InChI=1S/C29H32N2O4/c1-19-5-3-4-6-25(19)26(17-27(30-35)24-15-16-28(32)31(2)18-24)22-11-7-20(8-12-22)21-9-13-23(14-10-21)29(33)34/h3-8,11-12,15-16,18,21,23,26,35H,9-10,13-14,17H2,1-2H3,(H,33,34). The van der Waals surface area contributed by atoms with Crippen LogP contribution in [0.25, 0.3) is 0 Å². The molecule has 3 aromatic rings. The van der Waals surface area contributed by atoms with E-state index in [4.69, 9.17) is 0 Å². The number of aromatic nitrogens is 1. The number of aliphatic carboxylic acids is 1. The van der Waals surface area contributed by atoms with Gasteiger partial charge in [0.1, 0.15) is 0 Å². The van der Waals surface area contributed by atoms with Gasteiger partial charge in [-0.25, -0.2) is 0 Å². The van der Waals surface area contributed by atoms with E-state index in [1.54, 1.807) is 19.3 Å². The van der Waals surface area contributed by atoms with Gasteiger partial charge in [0.2, 0.25) is 5.56 Å². The third kappa shape index (κ3) is 5.53. The molecule has 1 saturated carbocycles. The summed E-state index contributed by atoms with van der Waals surface area (Å²) < 4.78 is 1.48. The van der Waals surface area contributed by atoms with Gasteiger partial charge in [0.25, 0.3) is 0 Å². The SMILES string of the molecule is Cc1ccccc1C(CC(=NO)c1ccc(=O)n(C)c1)c1ccc(C2CCC(C(=O)O)CC2)cc1. The first-order valence-corrected chi connectivity index (χ1v) is 12.1. The van der Waals surface area contributed by atoms with Crippen LogP contribution in [0.1, 0.15) is 71.8 Å². The Bertz CT molecular complexity index is 1270. The zero-order valence-electron chi connectivity index (χ0n) is 20.2. The van der Waals surface area contributed by atoms with Crippen molar-refractivity contribution >= 4 is 11.7 Å². The molecule has 1 aliphatic carbocycles. The molecule has 0 bridgehead atoms. The van der Waals surface area contributed by atoms with Gasteiger partial charge < -0.3 is 14.9 Å². The summed E-state index contributed by atoms with van der Waals surface area (Å²) in [5.74, 6) is -0.544. The van der Waals surface area contributed by atoms with Gasteiger partial charge >= 0.3 is 5.97 Å². The normalized spacial score (nSPS) is 19.3. The smallest absolute Gasteiger partial charge is 0.306 e. The van der Waals surface area contributed by atoms with Crippen molar-refractivity contribution in [3.63, 3.8) is 0 Å². The summed E-state index contributed by atoms with van der Waals surface area (Å²) in [7, 11) is 1.68. The number of nitrogens with zero attached hydrogens (tertiary/aromatic N) is 2. The molecule has 1 aromatic heterocycles. The fourth-order valence-corrected chi connectivity index (χ4v) is 5.23. The number of hydrogen-bond acceptors (Lipinski definition) is 4. The molecule has 2 aromatic carbocycles. The van der Waals surface area contributed by atoms with Crippen molar-refractivity contribution in [1.29, 1.82) is 0 Å². The second-order valence-electron chi connectivity index (χ2n) is 9.58. The molecule has 6 nitrogen and oxygen atoms in total. The number of benzene rings is 2. The molecule has 1 aliphatic rings. The molecule has 0 amide bonds. The molecule has 1 heterocycles. The van der Waals surface area contributed by atoms with Crippen LogP contribution in [0.3, 0.4) is 0 Å². The van der Waals surface area contributed by atoms with Crippen molar-refractivity contribution in [2.24, 2.45) is 18.1 Å². The highest BCUT2D eigenvalue weighted by molar-refractivity contribution is 6.00. The average Bonchev–Trinajstić information content (AvgIpc) is 2.87. The van der Waals surface area contributed by atoms with E-state index >= 15 is 0 Å². The number of aryl methyl sites for hydroxylation is 2. The van der Waals surface area contributed by atoms with Crippen LogP contribution in [0.5, 0.6) is 0 Å². The Balaban J connectivity index is 1.62. The van der Waals surface area contributed by atoms with Crippen LogP contribution in [-0.4, -0.2) is 26.6 Å². The lowest BCUT2D eigenvalue weighted by molar-refractivity contribution is -0.142. The molecule has 0 aliphatic heterocycles. The van der Waals surface area contributed by atoms with Crippen LogP contribution < -0.4 is 5.56 Å². The van der Waals surface area contributed by atoms with Gasteiger partial charge in [0, 0.05) is 37.2 Å². The maximum atomic E-state index is 11.8. The summed E-state index contributed by atoms with van der Waals surface area (Å²) in [5.41, 5.74) is 5.79. The topological polar surface area (TPSA) is 91.9 Å². The number of carboxylic acid groups (broad SMARTS) is 1. The highest BCUT2D eigenvalue weighted by Crippen LogP contribution is 2.37. The zero-order chi connectivity index (χ0) is 24.9. The van der Waals surface area contributed by atoms with Crippen molar-refractivity contribution in [1.82, 2.24) is 4.57 Å². The number of oxime groups is 1. The largest absolute Gasteiger partial charge is 0.481 e. The lowest BCUT2D eigenvalue weighted by atomic mass is 9.78. The molecule has 6 heteroatoms. The third-order valence-electron chi connectivity index (χ3n) is 7.39. The van der Waals surface area contributed by atoms with E-state index < -0.39 is 5.97 Å². The van der Waals surface area contributed by atoms with Gasteiger partial charge in [-0.05, 0) is 66.8 Å². The minimum atomic E-state index is -0.681. The lowest BCUT2D eigenvalue weighted by Crippen LogP contribution is -2.20. The van der Waals surface area contributed by atoms with E-state index in [0.717, 1.165) is 42.4 Å². The highest BCUT2D eigenvalue weighted by atomic mass is 16.4. The van der Waals surface area contributed by atoms with Gasteiger partial charge in [-0.2, -0.15) is 0 Å². The van der Waals surface area contributed by atoms with Crippen molar-refractivity contribution in [3.05, 3.63) is 105 Å². The van der Waals surface area contributed by atoms with Crippen molar-refractivity contribution in [2.75, 3.05) is 0 Å². The fourth-order valence-electron chi connectivity index (χ4n) is 5.23. The summed E-state index contributed by atoms with van der Waals surface area (Å²) in [6.07, 6.45) is 5.41. The summed E-state index contributed by atoms with van der Waals surface area (Å²) in [5, 5.41) is 22.8. The van der Waals surface area contributed by atoms with Gasteiger partial charge in [0.15, 0.2) is 0 Å². The quantitative estimate of drug-likeness (QED) is 0.272. The van der Waals surface area contributed by atoms with Crippen molar-refractivity contribution < 1.29 is 15.1 Å². The number of rotatable bonds is 7. The van der Waals surface area contributed by atoms with Crippen molar-refractivity contribution in [2.45, 2.75) is 50.9 Å². The summed E-state index contributed by atoms with van der Waals surface area (Å²) in [4.78, 5) is 23.1. The first-order chi connectivity index (χ1) is 16.9. The zero-order valence-corrected chi connectivity index (χ0v) is 20.2. The third-order valence-corrected chi connectivity index (χ3v) is 7.39. The summed E-state index contributed by atoms with van der Waals surface area (Å²) in [6, 6.07) is 20.0. The summed E-state index contributed by atoms with van der Waals surface area (Å²) in [6.45, 7) is 2.08. The van der Waals surface area contributed by atoms with Crippen LogP contribution in [0, 0.1) is 12.8 Å². The van der Waals surface area contributed by atoms with Gasteiger partial charge in [-0.3, -0.25) is 9.59 Å². The van der Waals surface area contributed by atoms with E-state index in [2.05, 4.69) is 48.5 Å². The predicted octanol–water partition coefficient (Wildman–Crippen LogP) is 5.45. The molecular formula is C29H32N2O4. The average molecular weight is 473 g/mol. The van der Waals surface area contributed by atoms with E-state index in [1.165, 1.54) is 16.2 Å². The molecule has 1 unspecified atom stereocenters. The van der Waals surface area contributed by atoms with Crippen molar-refractivity contribution in [3.8, 4) is 0 Å². The van der Waals surface area contributed by atoms with Gasteiger partial charge in [0.05, 0.1) is 11.6 Å². The molecule has 182 valence electrons. The number of hydrogen-bond donors (Lipinski definition) is 2. The molecule has 1 atom stereocenters. The Morgan fingerprint density at radius 2 is 1.71 bits per heavy atom. The van der Waals surface area contributed by atoms with E-state index in [-0.39, 0.29) is 17.4 Å². The summed E-state index contributed by atoms with van der Waals surface area (Å²) >= 11 is 0. The fraction of sp³-hybridized carbons (Fsp3) is 0.345. The lowest BCUT2D eigenvalue weighted by Gasteiger charge is -2.27. The molecular weight excluding hydrogens is 440 g/mol. The van der Waals surface area contributed by atoms with Gasteiger partial charge in [-0.15, -0.1) is 0 Å². The molecule has 1 fully saturated rings. The minimum absolute atomic E-state index is 0.0314. The van der Waals surface area contributed by atoms with Crippen LogP contribution in [0.15, 0.2) is 76.8 Å². The second-order valence-corrected chi connectivity index (χ2v) is 9.58. The second kappa shape index (κ2) is 10.7. The Morgan fingerprint density at radius 1 is 1.03 bits per heavy atom. The molecule has 35 heavy (non-hydrogen) atoms. The van der Waals surface area contributed by atoms with Crippen LogP contribution >= 0.6 is 0 Å². The van der Waals surface area contributed by atoms with Crippen LogP contribution in [0.4, 0.5) is 0 Å². The Kier molecular flexibility index (Phi) is 7.49. The first-order valence-electron chi connectivity index (χ1n) is 12.1. The first kappa shape index (κ1) is 24.5. The highest BCUT2D eigenvalue weighted by Gasteiger charge is 2.27. The van der Waals surface area contributed by atoms with E-state index in [1.807, 2.05) is 12.1 Å². The maximum Gasteiger partial charge on any atom is 0.306 e. The van der Waals surface area contributed by atoms with Gasteiger partial charge in [-0.1, -0.05) is 53.7 Å². The molecule has 0 spiro atoms. The predicted molar refractivity (Wildman–Crippen MR) is 136 cm³/mol. The van der Waals surface area contributed by atoms with E-state index in [0.29, 0.717) is 23.6 Å². The molecule has 2 N–H and O–H groups in total. The number of pyridine rings is 1. The Labute approximate surface area is 205 Å².